The van der Waals surface area contributed by atoms with Gasteiger partial charge in [0.15, 0.2) is 0 Å². The number of para-hydroxylation sites is 2. The number of carbonyl (C=O) groups is 1. The van der Waals surface area contributed by atoms with Gasteiger partial charge in [-0.25, -0.2) is 0 Å². The van der Waals surface area contributed by atoms with Gasteiger partial charge in [0.2, 0.25) is 0 Å². The molecule has 0 spiro atoms. The second kappa shape index (κ2) is 4.39. The van der Waals surface area contributed by atoms with Crippen molar-refractivity contribution >= 4 is 17.3 Å². The summed E-state index contributed by atoms with van der Waals surface area (Å²) >= 11 is 0. The summed E-state index contributed by atoms with van der Waals surface area (Å²) < 4.78 is 0. The summed E-state index contributed by atoms with van der Waals surface area (Å²) in [5.74, 6) is 0.0584. The van der Waals surface area contributed by atoms with E-state index in [1.54, 1.807) is 12.2 Å². The molecule has 1 aliphatic heterocycles. The van der Waals surface area contributed by atoms with Crippen molar-refractivity contribution in [2.75, 3.05) is 29.9 Å². The van der Waals surface area contributed by atoms with Crippen LogP contribution in [0.3, 0.4) is 0 Å². The molecule has 0 N–H and O–H groups in total. The molecule has 0 saturated heterocycles. The fraction of sp³-hybridized carbons (Fsp3) is 0.308. The summed E-state index contributed by atoms with van der Waals surface area (Å²) in [5, 5.41) is 0. The van der Waals surface area contributed by atoms with Crippen LogP contribution in [0.4, 0.5) is 11.4 Å². The molecule has 16 heavy (non-hydrogen) atoms. The summed E-state index contributed by atoms with van der Waals surface area (Å²) in [5.41, 5.74) is 2.12. The molecule has 0 radical (unpaired) electrons. The van der Waals surface area contributed by atoms with Crippen LogP contribution in [0.15, 0.2) is 36.4 Å². The van der Waals surface area contributed by atoms with E-state index in [4.69, 9.17) is 0 Å². The molecule has 0 saturated carbocycles. The number of hydrogen-bond acceptors (Lipinski definition) is 2. The molecule has 2 rings (SSSR count). The number of amides is 1. The van der Waals surface area contributed by atoms with E-state index in [0.29, 0.717) is 0 Å². The number of carbonyl (C=O) groups excluding carboxylic acids is 1. The number of allylic oxidation sites excluding steroid dienone is 1. The van der Waals surface area contributed by atoms with Crippen molar-refractivity contribution in [1.29, 1.82) is 0 Å². The Morgan fingerprint density at radius 1 is 1.25 bits per heavy atom. The Morgan fingerprint density at radius 2 is 1.94 bits per heavy atom. The Balaban J connectivity index is 2.38. The standard InChI is InChI=1S/C13H16N2O/c1-3-6-13(16)15-10-9-14(2)11-7-4-5-8-12(11)15/h3-8H,9-10H2,1-2H3/b6-3+. The molecule has 0 unspecified atom stereocenters. The van der Waals surface area contributed by atoms with Crippen molar-refractivity contribution in [3.8, 4) is 0 Å². The minimum Gasteiger partial charge on any atom is -0.371 e. The highest BCUT2D eigenvalue weighted by Gasteiger charge is 2.22. The van der Waals surface area contributed by atoms with E-state index >= 15 is 0 Å². The van der Waals surface area contributed by atoms with Crippen molar-refractivity contribution in [2.24, 2.45) is 0 Å². The van der Waals surface area contributed by atoms with E-state index in [2.05, 4.69) is 11.9 Å². The number of hydrogen-bond donors (Lipinski definition) is 0. The maximum atomic E-state index is 11.9. The molecule has 0 aliphatic carbocycles. The number of anilines is 2. The molecule has 84 valence electrons. The highest BCUT2D eigenvalue weighted by Crippen LogP contribution is 2.31. The summed E-state index contributed by atoms with van der Waals surface area (Å²) in [4.78, 5) is 15.9. The number of likely N-dealkylation sites (N-methyl/N-ethyl adjacent to an activating group) is 1. The van der Waals surface area contributed by atoms with E-state index in [1.165, 1.54) is 0 Å². The number of benzene rings is 1. The Bertz CT molecular complexity index is 426. The maximum Gasteiger partial charge on any atom is 0.250 e. The lowest BCUT2D eigenvalue weighted by molar-refractivity contribution is -0.114. The topological polar surface area (TPSA) is 23.6 Å². The molecule has 3 nitrogen and oxygen atoms in total. The third kappa shape index (κ3) is 1.81. The van der Waals surface area contributed by atoms with Crippen molar-refractivity contribution in [3.05, 3.63) is 36.4 Å². The Labute approximate surface area is 96.0 Å². The van der Waals surface area contributed by atoms with Gasteiger partial charge in [-0.3, -0.25) is 4.79 Å². The van der Waals surface area contributed by atoms with E-state index in [9.17, 15) is 4.79 Å². The molecule has 0 bridgehead atoms. The van der Waals surface area contributed by atoms with Crippen LogP contribution in [-0.4, -0.2) is 26.0 Å². The lowest BCUT2D eigenvalue weighted by Gasteiger charge is -2.35. The SMILES string of the molecule is C/C=C/C(=O)N1CCN(C)c2ccccc21. The molecular weight excluding hydrogens is 200 g/mol. The first-order valence-electron chi connectivity index (χ1n) is 5.48. The Kier molecular flexibility index (Phi) is 2.95. The van der Waals surface area contributed by atoms with Crippen LogP contribution in [0.25, 0.3) is 0 Å². The zero-order valence-corrected chi connectivity index (χ0v) is 9.68. The lowest BCUT2D eigenvalue weighted by Crippen LogP contribution is -2.41. The third-order valence-corrected chi connectivity index (χ3v) is 2.82. The largest absolute Gasteiger partial charge is 0.371 e. The van der Waals surface area contributed by atoms with Gasteiger partial charge in [0, 0.05) is 20.1 Å². The third-order valence-electron chi connectivity index (χ3n) is 2.82. The highest BCUT2D eigenvalue weighted by molar-refractivity contribution is 6.04. The van der Waals surface area contributed by atoms with Crippen LogP contribution in [-0.2, 0) is 4.79 Å². The molecule has 1 aromatic carbocycles. The fourth-order valence-corrected chi connectivity index (χ4v) is 1.97. The van der Waals surface area contributed by atoms with Gasteiger partial charge in [-0.05, 0) is 25.1 Å². The summed E-state index contributed by atoms with van der Waals surface area (Å²) in [6, 6.07) is 8.00. The summed E-state index contributed by atoms with van der Waals surface area (Å²) in [6.45, 7) is 3.48. The normalized spacial score (nSPS) is 15.4. The van der Waals surface area contributed by atoms with Crippen molar-refractivity contribution in [1.82, 2.24) is 0 Å². The van der Waals surface area contributed by atoms with Crippen LogP contribution < -0.4 is 9.80 Å². The minimum atomic E-state index is 0.0584. The van der Waals surface area contributed by atoms with Gasteiger partial charge in [0.1, 0.15) is 0 Å². The molecule has 1 heterocycles. The zero-order valence-electron chi connectivity index (χ0n) is 9.68. The molecule has 0 aromatic heterocycles. The summed E-state index contributed by atoms with van der Waals surface area (Å²) in [6.07, 6.45) is 3.39. The van der Waals surface area contributed by atoms with Gasteiger partial charge >= 0.3 is 0 Å². The van der Waals surface area contributed by atoms with Gasteiger partial charge in [0.25, 0.3) is 5.91 Å². The lowest BCUT2D eigenvalue weighted by atomic mass is 10.1. The number of nitrogens with zero attached hydrogens (tertiary/aromatic N) is 2. The predicted octanol–water partition coefficient (Wildman–Crippen LogP) is 2.05. The second-order valence-electron chi connectivity index (χ2n) is 3.90. The van der Waals surface area contributed by atoms with Gasteiger partial charge in [0.05, 0.1) is 11.4 Å². The van der Waals surface area contributed by atoms with Crippen LogP contribution in [0.1, 0.15) is 6.92 Å². The van der Waals surface area contributed by atoms with E-state index in [1.807, 2.05) is 36.1 Å². The second-order valence-corrected chi connectivity index (χ2v) is 3.90. The molecule has 1 aliphatic rings. The quantitative estimate of drug-likeness (QED) is 0.671. The first kappa shape index (κ1) is 10.7. The first-order valence-corrected chi connectivity index (χ1v) is 5.48. The zero-order chi connectivity index (χ0) is 11.5. The van der Waals surface area contributed by atoms with Gasteiger partial charge in [-0.15, -0.1) is 0 Å². The average molecular weight is 216 g/mol. The Morgan fingerprint density at radius 3 is 2.62 bits per heavy atom. The minimum absolute atomic E-state index is 0.0584. The molecule has 1 amide bonds. The molecule has 3 heteroatoms. The fourth-order valence-electron chi connectivity index (χ4n) is 1.97. The highest BCUT2D eigenvalue weighted by atomic mass is 16.2. The maximum absolute atomic E-state index is 11.9. The van der Waals surface area contributed by atoms with Crippen LogP contribution in [0.5, 0.6) is 0 Å². The van der Waals surface area contributed by atoms with Crippen molar-refractivity contribution in [2.45, 2.75) is 6.92 Å². The van der Waals surface area contributed by atoms with E-state index in [0.717, 1.165) is 24.5 Å². The van der Waals surface area contributed by atoms with E-state index in [-0.39, 0.29) is 5.91 Å². The molecule has 0 atom stereocenters. The van der Waals surface area contributed by atoms with Gasteiger partial charge < -0.3 is 9.80 Å². The van der Waals surface area contributed by atoms with Crippen molar-refractivity contribution in [3.63, 3.8) is 0 Å². The predicted molar refractivity (Wildman–Crippen MR) is 66.9 cm³/mol. The van der Waals surface area contributed by atoms with Gasteiger partial charge in [-0.1, -0.05) is 18.2 Å². The molecular formula is C13H16N2O. The van der Waals surface area contributed by atoms with Gasteiger partial charge in [-0.2, -0.15) is 0 Å². The van der Waals surface area contributed by atoms with Crippen molar-refractivity contribution < 1.29 is 4.79 Å². The monoisotopic (exact) mass is 216 g/mol. The first-order chi connectivity index (χ1) is 7.74. The molecule has 1 aromatic rings. The Hall–Kier alpha value is -1.77. The van der Waals surface area contributed by atoms with E-state index < -0.39 is 0 Å². The number of rotatable bonds is 1. The average Bonchev–Trinajstić information content (AvgIpc) is 2.30. The van der Waals surface area contributed by atoms with Crippen LogP contribution >= 0.6 is 0 Å². The van der Waals surface area contributed by atoms with Crippen LogP contribution in [0, 0.1) is 0 Å². The molecule has 0 fully saturated rings. The smallest absolute Gasteiger partial charge is 0.250 e. The van der Waals surface area contributed by atoms with Crippen LogP contribution in [0.2, 0.25) is 0 Å². The number of fused-ring (bicyclic) bond motifs is 1. The summed E-state index contributed by atoms with van der Waals surface area (Å²) in [7, 11) is 2.05.